The second-order valence-electron chi connectivity index (χ2n) is 4.03. The zero-order valence-electron chi connectivity index (χ0n) is 10.4. The van der Waals surface area contributed by atoms with Crippen molar-refractivity contribution in [3.63, 3.8) is 0 Å². The van der Waals surface area contributed by atoms with Crippen LogP contribution in [0, 0.1) is 5.82 Å². The van der Waals surface area contributed by atoms with Gasteiger partial charge in [0, 0.05) is 5.69 Å². The van der Waals surface area contributed by atoms with Gasteiger partial charge in [0.25, 0.3) is 0 Å². The molecule has 95 valence electrons. The van der Waals surface area contributed by atoms with Crippen molar-refractivity contribution < 1.29 is 14.3 Å². The number of anilines is 2. The molecule has 0 aliphatic carbocycles. The smallest absolute Gasteiger partial charge is 0.337 e. The molecule has 1 radical (unpaired) electrons. The predicted molar refractivity (Wildman–Crippen MR) is 74.3 cm³/mol. The van der Waals surface area contributed by atoms with Crippen LogP contribution in [0.25, 0.3) is 0 Å². The maximum Gasteiger partial charge on any atom is 0.337 e. The fraction of sp³-hybridized carbons (Fsp3) is 0.0714. The Labute approximate surface area is 111 Å². The monoisotopic (exact) mass is 256 g/mol. The molecule has 19 heavy (non-hydrogen) atoms. The van der Waals surface area contributed by atoms with Gasteiger partial charge in [0.15, 0.2) is 0 Å². The highest BCUT2D eigenvalue weighted by Crippen LogP contribution is 2.20. The molecule has 0 aliphatic heterocycles. The number of rotatable bonds is 4. The van der Waals surface area contributed by atoms with Gasteiger partial charge in [-0.25, -0.2) is 9.18 Å². The minimum Gasteiger partial charge on any atom is -0.478 e. The first-order valence-electron chi connectivity index (χ1n) is 5.79. The Morgan fingerprint density at radius 3 is 2.47 bits per heavy atom. The highest BCUT2D eigenvalue weighted by molar-refractivity contribution is 6.52. The number of carbonyl (C=O) groups is 1. The number of halogens is 1. The highest BCUT2D eigenvalue weighted by atomic mass is 19.1. The molecule has 0 saturated carbocycles. The zero-order valence-corrected chi connectivity index (χ0v) is 10.4. The number of carboxylic acid groups (broad SMARTS) is 1. The first-order valence-corrected chi connectivity index (χ1v) is 5.79. The molecule has 0 fully saturated rings. The summed E-state index contributed by atoms with van der Waals surface area (Å²) in [7, 11) is 1.88. The van der Waals surface area contributed by atoms with Crippen molar-refractivity contribution in [3.05, 3.63) is 53.8 Å². The summed E-state index contributed by atoms with van der Waals surface area (Å²) in [5, 5.41) is 12.1. The third kappa shape index (κ3) is 3.13. The van der Waals surface area contributed by atoms with Gasteiger partial charge in [-0.2, -0.15) is 0 Å². The van der Waals surface area contributed by atoms with E-state index in [-0.39, 0.29) is 11.4 Å². The van der Waals surface area contributed by atoms with Crippen molar-refractivity contribution in [1.82, 2.24) is 0 Å². The molecule has 0 heterocycles. The van der Waals surface area contributed by atoms with E-state index in [9.17, 15) is 9.18 Å². The van der Waals surface area contributed by atoms with Crippen LogP contribution in [0.2, 0.25) is 6.82 Å². The van der Waals surface area contributed by atoms with Crippen molar-refractivity contribution in [2.45, 2.75) is 6.82 Å². The van der Waals surface area contributed by atoms with Gasteiger partial charge in [0.1, 0.15) is 13.1 Å². The minimum absolute atomic E-state index is 0.176. The summed E-state index contributed by atoms with van der Waals surface area (Å²) in [6.07, 6.45) is 0. The Morgan fingerprint density at radius 1 is 1.21 bits per heavy atom. The molecule has 0 spiro atoms. The maximum absolute atomic E-state index is 12.8. The predicted octanol–water partition coefficient (Wildman–Crippen LogP) is 2.65. The summed E-state index contributed by atoms with van der Waals surface area (Å²) in [6.45, 7) is 1.87. The molecule has 3 nitrogen and oxygen atoms in total. The summed E-state index contributed by atoms with van der Waals surface area (Å²) in [5.41, 5.74) is 2.20. The highest BCUT2D eigenvalue weighted by Gasteiger charge is 2.10. The van der Waals surface area contributed by atoms with Gasteiger partial charge in [0.05, 0.1) is 11.3 Å². The Bertz CT molecular complexity index is 599. The SMILES string of the molecule is C[B]c1ccc(C(=O)O)c(Nc2ccc(F)cc2)c1. The normalized spacial score (nSPS) is 10.0. The van der Waals surface area contributed by atoms with Crippen molar-refractivity contribution in [1.29, 1.82) is 0 Å². The van der Waals surface area contributed by atoms with Crippen LogP contribution in [0.4, 0.5) is 15.8 Å². The summed E-state index contributed by atoms with van der Waals surface area (Å²) in [4.78, 5) is 11.2. The number of nitrogens with one attached hydrogen (secondary N) is 1. The fourth-order valence-electron chi connectivity index (χ4n) is 1.72. The van der Waals surface area contributed by atoms with Crippen LogP contribution in [0.3, 0.4) is 0 Å². The number of hydrogen-bond donors (Lipinski definition) is 2. The van der Waals surface area contributed by atoms with Gasteiger partial charge in [0.2, 0.25) is 0 Å². The third-order valence-electron chi connectivity index (χ3n) is 2.73. The van der Waals surface area contributed by atoms with Crippen molar-refractivity contribution in [3.8, 4) is 0 Å². The van der Waals surface area contributed by atoms with E-state index in [0.717, 1.165) is 5.46 Å². The summed E-state index contributed by atoms with van der Waals surface area (Å²) < 4.78 is 12.8. The maximum atomic E-state index is 12.8. The lowest BCUT2D eigenvalue weighted by Gasteiger charge is -2.11. The average molecular weight is 256 g/mol. The lowest BCUT2D eigenvalue weighted by Crippen LogP contribution is -2.13. The number of benzene rings is 2. The molecular formula is C14H12BFNO2. The Morgan fingerprint density at radius 2 is 1.89 bits per heavy atom. The van der Waals surface area contributed by atoms with Crippen LogP contribution in [0.15, 0.2) is 42.5 Å². The van der Waals surface area contributed by atoms with Crippen LogP contribution in [-0.2, 0) is 0 Å². The van der Waals surface area contributed by atoms with E-state index in [4.69, 9.17) is 5.11 Å². The summed E-state index contributed by atoms with van der Waals surface area (Å²) >= 11 is 0. The van der Waals surface area contributed by atoms with Gasteiger partial charge < -0.3 is 10.4 Å². The number of hydrogen-bond acceptors (Lipinski definition) is 2. The van der Waals surface area contributed by atoms with Crippen molar-refractivity contribution in [2.75, 3.05) is 5.32 Å². The Balaban J connectivity index is 2.36. The molecule has 0 saturated heterocycles. The van der Waals surface area contributed by atoms with Crippen molar-refractivity contribution >= 4 is 30.1 Å². The van der Waals surface area contributed by atoms with E-state index in [1.54, 1.807) is 30.3 Å². The molecule has 0 aliphatic rings. The third-order valence-corrected chi connectivity index (χ3v) is 2.73. The molecule has 2 aromatic rings. The van der Waals surface area contributed by atoms with Crippen LogP contribution < -0.4 is 10.8 Å². The lowest BCUT2D eigenvalue weighted by molar-refractivity contribution is 0.0698. The standard InChI is InChI=1S/C14H12BFNO2/c1-15-9-2-7-12(14(18)19)13(8-9)17-11-5-3-10(16)4-6-11/h2-8,17H,1H3,(H,18,19). The first-order chi connectivity index (χ1) is 9.10. The van der Waals surface area contributed by atoms with Crippen molar-refractivity contribution in [2.24, 2.45) is 0 Å². The lowest BCUT2D eigenvalue weighted by atomic mass is 9.73. The van der Waals surface area contributed by atoms with Crippen LogP contribution in [-0.4, -0.2) is 18.4 Å². The quantitative estimate of drug-likeness (QED) is 0.826. The largest absolute Gasteiger partial charge is 0.478 e. The number of carboxylic acids is 1. The summed E-state index contributed by atoms with van der Waals surface area (Å²) in [6, 6.07) is 10.8. The van der Waals surface area contributed by atoms with E-state index in [1.807, 2.05) is 14.1 Å². The van der Waals surface area contributed by atoms with E-state index in [0.29, 0.717) is 11.4 Å². The zero-order chi connectivity index (χ0) is 13.8. The second-order valence-corrected chi connectivity index (χ2v) is 4.03. The van der Waals surface area contributed by atoms with Gasteiger partial charge >= 0.3 is 5.97 Å². The van der Waals surface area contributed by atoms with E-state index < -0.39 is 5.97 Å². The second kappa shape index (κ2) is 5.56. The molecule has 0 aromatic heterocycles. The van der Waals surface area contributed by atoms with Crippen LogP contribution >= 0.6 is 0 Å². The molecule has 2 N–H and O–H groups in total. The average Bonchev–Trinajstić information content (AvgIpc) is 2.41. The topological polar surface area (TPSA) is 49.3 Å². The van der Waals surface area contributed by atoms with E-state index in [2.05, 4.69) is 5.32 Å². The minimum atomic E-state index is -1.01. The molecule has 5 heteroatoms. The Kier molecular flexibility index (Phi) is 3.85. The van der Waals surface area contributed by atoms with E-state index >= 15 is 0 Å². The van der Waals surface area contributed by atoms with Crippen LogP contribution in [0.5, 0.6) is 0 Å². The molecule has 0 unspecified atom stereocenters. The number of aromatic carboxylic acids is 1. The Hall–Kier alpha value is -2.30. The molecule has 0 atom stereocenters. The summed E-state index contributed by atoms with van der Waals surface area (Å²) in [5.74, 6) is -1.34. The molecule has 2 rings (SSSR count). The van der Waals surface area contributed by atoms with E-state index in [1.165, 1.54) is 12.1 Å². The first kappa shape index (κ1) is 13.1. The fourth-order valence-corrected chi connectivity index (χ4v) is 1.72. The van der Waals surface area contributed by atoms with Gasteiger partial charge in [-0.3, -0.25) is 0 Å². The molecule has 0 bridgehead atoms. The van der Waals surface area contributed by atoms with Crippen LogP contribution in [0.1, 0.15) is 10.4 Å². The molecular weight excluding hydrogens is 244 g/mol. The molecule has 0 amide bonds. The molecule has 2 aromatic carbocycles. The van der Waals surface area contributed by atoms with Gasteiger partial charge in [-0.15, -0.1) is 0 Å². The van der Waals surface area contributed by atoms with Gasteiger partial charge in [-0.05, 0) is 36.4 Å². The van der Waals surface area contributed by atoms with Gasteiger partial charge in [-0.1, -0.05) is 18.4 Å².